The number of hydrogen-bond acceptors (Lipinski definition) is 3. The molecule has 0 aliphatic carbocycles. The number of nitrogens with one attached hydrogen (secondary N) is 1. The molecule has 0 saturated heterocycles. The van der Waals surface area contributed by atoms with Gasteiger partial charge in [0.25, 0.3) is 0 Å². The van der Waals surface area contributed by atoms with Gasteiger partial charge in [-0.15, -0.1) is 6.58 Å². The van der Waals surface area contributed by atoms with Crippen molar-refractivity contribution in [1.82, 2.24) is 5.32 Å². The Kier molecular flexibility index (Phi) is 4.97. The molecule has 1 unspecified atom stereocenters. The third-order valence-corrected chi connectivity index (χ3v) is 2.44. The molecule has 0 aromatic rings. The highest BCUT2D eigenvalue weighted by Gasteiger charge is 2.38. The molecule has 88 valence electrons. The van der Waals surface area contributed by atoms with E-state index in [2.05, 4.69) is 11.9 Å². The SMILES string of the molecule is C=CCNC(C)(CC(C)(C)OC)C(=O)O. The van der Waals surface area contributed by atoms with Crippen LogP contribution in [0.3, 0.4) is 0 Å². The predicted octanol–water partition coefficient (Wildman–Crippen LogP) is 1.42. The Morgan fingerprint density at radius 3 is 2.40 bits per heavy atom. The van der Waals surface area contributed by atoms with Gasteiger partial charge in [-0.2, -0.15) is 0 Å². The quantitative estimate of drug-likeness (QED) is 0.631. The Morgan fingerprint density at radius 2 is 2.07 bits per heavy atom. The van der Waals surface area contributed by atoms with Crippen LogP contribution in [-0.4, -0.2) is 35.9 Å². The molecule has 0 aliphatic heterocycles. The molecule has 4 heteroatoms. The molecule has 0 radical (unpaired) electrons. The van der Waals surface area contributed by atoms with Gasteiger partial charge in [0.15, 0.2) is 0 Å². The summed E-state index contributed by atoms with van der Waals surface area (Å²) in [6, 6.07) is 0. The highest BCUT2D eigenvalue weighted by atomic mass is 16.5. The first-order valence-electron chi connectivity index (χ1n) is 4.92. The first-order valence-corrected chi connectivity index (χ1v) is 4.92. The molecule has 0 aliphatic rings. The molecule has 4 nitrogen and oxygen atoms in total. The third kappa shape index (κ3) is 4.44. The summed E-state index contributed by atoms with van der Waals surface area (Å²) >= 11 is 0. The summed E-state index contributed by atoms with van der Waals surface area (Å²) in [6.45, 7) is 9.40. The first kappa shape index (κ1) is 14.1. The van der Waals surface area contributed by atoms with Gasteiger partial charge in [-0.3, -0.25) is 10.1 Å². The van der Waals surface area contributed by atoms with Crippen LogP contribution in [0.4, 0.5) is 0 Å². The van der Waals surface area contributed by atoms with Crippen molar-refractivity contribution < 1.29 is 14.6 Å². The molecule has 0 bridgehead atoms. The van der Waals surface area contributed by atoms with Crippen molar-refractivity contribution in [2.75, 3.05) is 13.7 Å². The van der Waals surface area contributed by atoms with Crippen LogP contribution in [-0.2, 0) is 9.53 Å². The minimum absolute atomic E-state index is 0.389. The smallest absolute Gasteiger partial charge is 0.323 e. The lowest BCUT2D eigenvalue weighted by molar-refractivity contribution is -0.147. The number of carbonyl (C=O) groups is 1. The van der Waals surface area contributed by atoms with Crippen LogP contribution in [0.15, 0.2) is 12.7 Å². The molecule has 15 heavy (non-hydrogen) atoms. The van der Waals surface area contributed by atoms with Gasteiger partial charge in [0.05, 0.1) is 5.60 Å². The van der Waals surface area contributed by atoms with Crippen LogP contribution >= 0.6 is 0 Å². The van der Waals surface area contributed by atoms with Crippen LogP contribution in [0, 0.1) is 0 Å². The molecule has 0 rings (SSSR count). The summed E-state index contributed by atoms with van der Waals surface area (Å²) in [6.07, 6.45) is 2.03. The Morgan fingerprint density at radius 1 is 1.53 bits per heavy atom. The van der Waals surface area contributed by atoms with Crippen LogP contribution in [0.25, 0.3) is 0 Å². The van der Waals surface area contributed by atoms with E-state index in [-0.39, 0.29) is 0 Å². The van der Waals surface area contributed by atoms with E-state index in [4.69, 9.17) is 9.84 Å². The van der Waals surface area contributed by atoms with Gasteiger partial charge in [0.2, 0.25) is 0 Å². The predicted molar refractivity (Wildman–Crippen MR) is 59.9 cm³/mol. The number of aliphatic carboxylic acids is 1. The summed E-state index contributed by atoms with van der Waals surface area (Å²) in [5, 5.41) is 12.1. The van der Waals surface area contributed by atoms with E-state index in [9.17, 15) is 4.79 Å². The summed E-state index contributed by atoms with van der Waals surface area (Å²) in [5.74, 6) is -0.880. The highest BCUT2D eigenvalue weighted by Crippen LogP contribution is 2.23. The number of methoxy groups -OCH3 is 1. The second-order valence-electron chi connectivity index (χ2n) is 4.45. The molecular weight excluding hydrogens is 194 g/mol. The molecule has 0 saturated carbocycles. The van der Waals surface area contributed by atoms with Crippen LogP contribution in [0.5, 0.6) is 0 Å². The van der Waals surface area contributed by atoms with E-state index >= 15 is 0 Å². The lowest BCUT2D eigenvalue weighted by Gasteiger charge is -2.34. The maximum Gasteiger partial charge on any atom is 0.323 e. The van der Waals surface area contributed by atoms with Crippen molar-refractivity contribution in [3.05, 3.63) is 12.7 Å². The zero-order valence-corrected chi connectivity index (χ0v) is 9.96. The first-order chi connectivity index (χ1) is 6.77. The van der Waals surface area contributed by atoms with Crippen LogP contribution < -0.4 is 5.32 Å². The maximum absolute atomic E-state index is 11.2. The molecule has 0 fully saturated rings. The Bertz CT molecular complexity index is 238. The van der Waals surface area contributed by atoms with Gasteiger partial charge in [-0.25, -0.2) is 0 Å². The number of ether oxygens (including phenoxy) is 1. The molecule has 0 amide bonds. The van der Waals surface area contributed by atoms with Gasteiger partial charge < -0.3 is 9.84 Å². The zero-order chi connectivity index (χ0) is 12.1. The fourth-order valence-electron chi connectivity index (χ4n) is 1.43. The Hall–Kier alpha value is -0.870. The Labute approximate surface area is 91.3 Å². The molecule has 0 spiro atoms. The van der Waals surface area contributed by atoms with Crippen LogP contribution in [0.2, 0.25) is 0 Å². The van der Waals surface area contributed by atoms with Crippen LogP contribution in [0.1, 0.15) is 27.2 Å². The Balaban J connectivity index is 4.65. The summed E-state index contributed by atoms with van der Waals surface area (Å²) < 4.78 is 5.23. The minimum atomic E-state index is -0.992. The van der Waals surface area contributed by atoms with E-state index in [1.807, 2.05) is 13.8 Å². The maximum atomic E-state index is 11.2. The number of carboxylic acids is 1. The lowest BCUT2D eigenvalue weighted by atomic mass is 9.87. The standard InChI is InChI=1S/C11H21NO3/c1-6-7-12-11(4,9(13)14)8-10(2,3)15-5/h6,12H,1,7-8H2,2-5H3,(H,13,14). The topological polar surface area (TPSA) is 58.6 Å². The number of rotatable bonds is 7. The van der Waals surface area contributed by atoms with E-state index in [0.29, 0.717) is 13.0 Å². The average Bonchev–Trinajstić information content (AvgIpc) is 2.14. The summed E-state index contributed by atoms with van der Waals surface area (Å²) in [4.78, 5) is 11.2. The average molecular weight is 215 g/mol. The van der Waals surface area contributed by atoms with Crippen molar-refractivity contribution in [2.45, 2.75) is 38.3 Å². The lowest BCUT2D eigenvalue weighted by Crippen LogP contribution is -2.53. The zero-order valence-electron chi connectivity index (χ0n) is 9.96. The van der Waals surface area contributed by atoms with E-state index in [0.717, 1.165) is 0 Å². The van der Waals surface area contributed by atoms with Gasteiger partial charge >= 0.3 is 5.97 Å². The second kappa shape index (κ2) is 5.28. The fourth-order valence-corrected chi connectivity index (χ4v) is 1.43. The highest BCUT2D eigenvalue weighted by molar-refractivity contribution is 5.78. The molecular formula is C11H21NO3. The van der Waals surface area contributed by atoms with Crippen molar-refractivity contribution in [3.8, 4) is 0 Å². The second-order valence-corrected chi connectivity index (χ2v) is 4.45. The fraction of sp³-hybridized carbons (Fsp3) is 0.727. The monoisotopic (exact) mass is 215 g/mol. The van der Waals surface area contributed by atoms with Crippen molar-refractivity contribution >= 4 is 5.97 Å². The van der Waals surface area contributed by atoms with Gasteiger partial charge in [-0.1, -0.05) is 6.08 Å². The van der Waals surface area contributed by atoms with E-state index in [1.54, 1.807) is 20.1 Å². The summed E-state index contributed by atoms with van der Waals surface area (Å²) in [7, 11) is 1.58. The van der Waals surface area contributed by atoms with Gasteiger partial charge in [0, 0.05) is 20.1 Å². The van der Waals surface area contributed by atoms with E-state index in [1.165, 1.54) is 0 Å². The largest absolute Gasteiger partial charge is 0.480 e. The number of carboxylic acid groups (broad SMARTS) is 1. The van der Waals surface area contributed by atoms with Gasteiger partial charge in [-0.05, 0) is 20.8 Å². The third-order valence-electron chi connectivity index (χ3n) is 2.44. The molecule has 0 aromatic carbocycles. The number of hydrogen-bond donors (Lipinski definition) is 2. The van der Waals surface area contributed by atoms with Crippen molar-refractivity contribution in [3.63, 3.8) is 0 Å². The molecule has 0 aromatic heterocycles. The minimum Gasteiger partial charge on any atom is -0.480 e. The molecule has 2 N–H and O–H groups in total. The normalized spacial score (nSPS) is 15.7. The van der Waals surface area contributed by atoms with Gasteiger partial charge in [0.1, 0.15) is 5.54 Å². The summed E-state index contributed by atoms with van der Waals surface area (Å²) in [5.41, 5.74) is -1.46. The van der Waals surface area contributed by atoms with Crippen molar-refractivity contribution in [1.29, 1.82) is 0 Å². The molecule has 1 atom stereocenters. The molecule has 0 heterocycles. The van der Waals surface area contributed by atoms with E-state index < -0.39 is 17.1 Å². The van der Waals surface area contributed by atoms with Crippen molar-refractivity contribution in [2.24, 2.45) is 0 Å².